The van der Waals surface area contributed by atoms with Crippen LogP contribution in [-0.2, 0) is 0 Å². The molecule has 1 aliphatic heterocycles. The minimum atomic E-state index is -0.0556. The predicted octanol–water partition coefficient (Wildman–Crippen LogP) is 5.13. The molecule has 1 fully saturated rings. The molecule has 0 atom stereocenters. The number of hydrogen-bond acceptors (Lipinski definition) is 8. The van der Waals surface area contributed by atoms with E-state index in [9.17, 15) is 4.79 Å². The van der Waals surface area contributed by atoms with E-state index in [0.29, 0.717) is 12.1 Å². The van der Waals surface area contributed by atoms with Crippen LogP contribution >= 0.6 is 22.7 Å². The number of methoxy groups -OCH3 is 1. The van der Waals surface area contributed by atoms with Gasteiger partial charge in [0.1, 0.15) is 5.75 Å². The lowest BCUT2D eigenvalue weighted by Crippen LogP contribution is -2.48. The van der Waals surface area contributed by atoms with Crippen molar-refractivity contribution in [3.05, 3.63) is 71.6 Å². The molecule has 5 aromatic rings. The van der Waals surface area contributed by atoms with Gasteiger partial charge in [-0.1, -0.05) is 35.6 Å². The third-order valence-electron chi connectivity index (χ3n) is 6.68. The van der Waals surface area contributed by atoms with Gasteiger partial charge in [-0.05, 0) is 41.8 Å². The van der Waals surface area contributed by atoms with E-state index in [-0.39, 0.29) is 5.91 Å². The Hall–Kier alpha value is -3.53. The number of ether oxygens (including phenoxy) is 1. The number of thiazole rings is 1. The second-order valence-electron chi connectivity index (χ2n) is 8.96. The summed E-state index contributed by atoms with van der Waals surface area (Å²) in [5, 5.41) is 7.10. The first-order chi connectivity index (χ1) is 18.2. The van der Waals surface area contributed by atoms with Gasteiger partial charge in [-0.15, -0.1) is 11.3 Å². The molecule has 0 saturated carbocycles. The van der Waals surface area contributed by atoms with Gasteiger partial charge in [0, 0.05) is 44.7 Å². The molecule has 9 heteroatoms. The zero-order valence-electron chi connectivity index (χ0n) is 20.5. The maximum absolute atomic E-state index is 13.2. The van der Waals surface area contributed by atoms with Crippen molar-refractivity contribution in [3.63, 3.8) is 0 Å². The fraction of sp³-hybridized carbons (Fsp3) is 0.250. The first-order valence-corrected chi connectivity index (χ1v) is 14.0. The summed E-state index contributed by atoms with van der Waals surface area (Å²) in [6.07, 6.45) is 0. The van der Waals surface area contributed by atoms with E-state index in [4.69, 9.17) is 14.7 Å². The van der Waals surface area contributed by atoms with Crippen molar-refractivity contribution in [2.45, 2.75) is 0 Å². The van der Waals surface area contributed by atoms with E-state index >= 15 is 0 Å². The number of nitrogens with zero attached hydrogens (tertiary/aromatic N) is 4. The number of amides is 1. The van der Waals surface area contributed by atoms with Crippen molar-refractivity contribution < 1.29 is 9.53 Å². The van der Waals surface area contributed by atoms with Crippen LogP contribution in [0.3, 0.4) is 0 Å². The van der Waals surface area contributed by atoms with Crippen LogP contribution in [0.25, 0.3) is 31.7 Å². The number of para-hydroxylation sites is 1. The molecule has 188 valence electrons. The number of hydrogen-bond donors (Lipinski definition) is 1. The summed E-state index contributed by atoms with van der Waals surface area (Å²) < 4.78 is 6.49. The molecule has 1 amide bonds. The van der Waals surface area contributed by atoms with E-state index < -0.39 is 0 Å². The average molecular weight is 530 g/mol. The van der Waals surface area contributed by atoms with Crippen molar-refractivity contribution in [2.24, 2.45) is 0 Å². The fourth-order valence-corrected chi connectivity index (χ4v) is 6.39. The van der Waals surface area contributed by atoms with Gasteiger partial charge in [0.25, 0.3) is 5.91 Å². The molecule has 7 nitrogen and oxygen atoms in total. The SMILES string of the molecule is COc1ccc2nc(N3CCN(CCNC(=O)c4cc(-c5cccs5)nc5ccccc45)CC3)sc2c1. The van der Waals surface area contributed by atoms with Crippen LogP contribution in [0, 0.1) is 0 Å². The molecule has 4 heterocycles. The molecule has 0 bridgehead atoms. The Morgan fingerprint density at radius 2 is 1.86 bits per heavy atom. The number of carbonyl (C=O) groups excluding carboxylic acids is 1. The predicted molar refractivity (Wildman–Crippen MR) is 152 cm³/mol. The van der Waals surface area contributed by atoms with Crippen molar-refractivity contribution >= 4 is 54.8 Å². The van der Waals surface area contributed by atoms with Crippen molar-refractivity contribution in [1.29, 1.82) is 0 Å². The molecule has 2 aromatic carbocycles. The van der Waals surface area contributed by atoms with Crippen molar-refractivity contribution in [2.75, 3.05) is 51.3 Å². The summed E-state index contributed by atoms with van der Waals surface area (Å²) in [4.78, 5) is 28.6. The maximum Gasteiger partial charge on any atom is 0.252 e. The summed E-state index contributed by atoms with van der Waals surface area (Å²) in [7, 11) is 1.69. The van der Waals surface area contributed by atoms with Gasteiger partial charge >= 0.3 is 0 Å². The maximum atomic E-state index is 13.2. The summed E-state index contributed by atoms with van der Waals surface area (Å²) in [6, 6.07) is 19.8. The third kappa shape index (κ3) is 5.02. The quantitative estimate of drug-likeness (QED) is 0.315. The lowest BCUT2D eigenvalue weighted by Gasteiger charge is -2.34. The molecule has 0 spiro atoms. The molecule has 6 rings (SSSR count). The minimum absolute atomic E-state index is 0.0556. The first-order valence-electron chi connectivity index (χ1n) is 12.3. The number of thiophene rings is 1. The number of fused-ring (bicyclic) bond motifs is 2. The smallest absolute Gasteiger partial charge is 0.252 e. The fourth-order valence-electron chi connectivity index (χ4n) is 4.65. The van der Waals surface area contributed by atoms with Gasteiger partial charge < -0.3 is 15.0 Å². The number of pyridine rings is 1. The number of piperazine rings is 1. The van der Waals surface area contributed by atoms with Gasteiger partial charge in [-0.25, -0.2) is 9.97 Å². The van der Waals surface area contributed by atoms with E-state index in [1.807, 2.05) is 66.0 Å². The molecule has 1 saturated heterocycles. The van der Waals surface area contributed by atoms with E-state index in [0.717, 1.165) is 75.3 Å². The first kappa shape index (κ1) is 23.8. The average Bonchev–Trinajstić information content (AvgIpc) is 3.63. The Morgan fingerprint density at radius 1 is 1.00 bits per heavy atom. The number of anilines is 1. The Bertz CT molecular complexity index is 1540. The molecule has 0 unspecified atom stereocenters. The van der Waals surface area contributed by atoms with Gasteiger partial charge in [0.05, 0.1) is 39.0 Å². The summed E-state index contributed by atoms with van der Waals surface area (Å²) >= 11 is 3.34. The van der Waals surface area contributed by atoms with Gasteiger partial charge in [-0.3, -0.25) is 9.69 Å². The van der Waals surface area contributed by atoms with Gasteiger partial charge in [-0.2, -0.15) is 0 Å². The highest BCUT2D eigenvalue weighted by Crippen LogP contribution is 2.32. The Kier molecular flexibility index (Phi) is 6.73. The number of carbonyl (C=O) groups is 1. The number of nitrogens with one attached hydrogen (secondary N) is 1. The second kappa shape index (κ2) is 10.5. The zero-order chi connectivity index (χ0) is 25.2. The lowest BCUT2D eigenvalue weighted by atomic mass is 10.1. The van der Waals surface area contributed by atoms with Crippen molar-refractivity contribution in [1.82, 2.24) is 20.2 Å². The lowest BCUT2D eigenvalue weighted by molar-refractivity contribution is 0.0949. The largest absolute Gasteiger partial charge is 0.497 e. The standard InChI is InChI=1S/C28H27N5O2S2/c1-35-19-8-9-23-26(17-19)37-28(31-23)33-14-12-32(13-15-33)11-10-29-27(34)21-18-24(25-7-4-16-36-25)30-22-6-3-2-5-20(21)22/h2-9,16-18H,10-15H2,1H3,(H,29,34). The summed E-state index contributed by atoms with van der Waals surface area (Å²) in [6.45, 7) is 5.14. The van der Waals surface area contributed by atoms with Gasteiger partial charge in [0.2, 0.25) is 0 Å². The third-order valence-corrected chi connectivity index (χ3v) is 8.65. The minimum Gasteiger partial charge on any atom is -0.497 e. The van der Waals surface area contributed by atoms with E-state index in [1.165, 1.54) is 0 Å². The topological polar surface area (TPSA) is 70.6 Å². The molecule has 1 aliphatic rings. The number of rotatable bonds is 7. The van der Waals surface area contributed by atoms with Crippen LogP contribution in [0.1, 0.15) is 10.4 Å². The second-order valence-corrected chi connectivity index (χ2v) is 10.9. The molecule has 0 aliphatic carbocycles. The molecular weight excluding hydrogens is 502 g/mol. The Balaban J connectivity index is 1.06. The normalized spacial score (nSPS) is 14.4. The molecule has 3 aromatic heterocycles. The van der Waals surface area contributed by atoms with Crippen LogP contribution in [0.4, 0.5) is 5.13 Å². The molecular formula is C28H27N5O2S2. The number of benzene rings is 2. The molecule has 0 radical (unpaired) electrons. The van der Waals surface area contributed by atoms with Gasteiger partial charge in [0.15, 0.2) is 5.13 Å². The van der Waals surface area contributed by atoms with Crippen LogP contribution in [-0.4, -0.2) is 67.2 Å². The summed E-state index contributed by atoms with van der Waals surface area (Å²) in [5.74, 6) is 0.803. The van der Waals surface area contributed by atoms with Crippen LogP contribution in [0.15, 0.2) is 66.0 Å². The highest BCUT2D eigenvalue weighted by atomic mass is 32.1. The van der Waals surface area contributed by atoms with E-state index in [2.05, 4.69) is 15.1 Å². The van der Waals surface area contributed by atoms with Crippen molar-refractivity contribution in [3.8, 4) is 16.3 Å². The summed E-state index contributed by atoms with van der Waals surface area (Å²) in [5.41, 5.74) is 3.36. The highest BCUT2D eigenvalue weighted by molar-refractivity contribution is 7.22. The molecule has 37 heavy (non-hydrogen) atoms. The van der Waals surface area contributed by atoms with Crippen LogP contribution in [0.5, 0.6) is 5.75 Å². The van der Waals surface area contributed by atoms with E-state index in [1.54, 1.807) is 29.8 Å². The Morgan fingerprint density at radius 3 is 2.68 bits per heavy atom. The zero-order valence-corrected chi connectivity index (χ0v) is 22.1. The highest BCUT2D eigenvalue weighted by Gasteiger charge is 2.20. The van der Waals surface area contributed by atoms with Crippen LogP contribution < -0.4 is 15.0 Å². The number of aromatic nitrogens is 2. The van der Waals surface area contributed by atoms with Crippen LogP contribution in [0.2, 0.25) is 0 Å². The molecule has 1 N–H and O–H groups in total. The Labute approximate surface area is 223 Å². The monoisotopic (exact) mass is 529 g/mol.